The molecule has 118 valence electrons. The van der Waals surface area contributed by atoms with Crippen molar-refractivity contribution in [3.8, 4) is 11.5 Å². The Hall–Kier alpha value is -1.75. The van der Waals surface area contributed by atoms with Gasteiger partial charge in [-0.3, -0.25) is 4.79 Å². The Morgan fingerprint density at radius 1 is 1.29 bits per heavy atom. The number of carbonyl (C=O) groups is 1. The SMILES string of the molecule is COc1cc(C)c(C(=O)NC(C)(CN)C(C)C)cc1OC. The Morgan fingerprint density at radius 2 is 1.81 bits per heavy atom. The Bertz CT molecular complexity index is 514. The lowest BCUT2D eigenvalue weighted by Crippen LogP contribution is -2.55. The van der Waals surface area contributed by atoms with Crippen molar-refractivity contribution < 1.29 is 14.3 Å². The molecule has 0 bridgehead atoms. The lowest BCUT2D eigenvalue weighted by Gasteiger charge is -2.33. The van der Waals surface area contributed by atoms with Gasteiger partial charge in [0, 0.05) is 12.1 Å². The fraction of sp³-hybridized carbons (Fsp3) is 0.562. The van der Waals surface area contributed by atoms with Crippen LogP contribution in [0.4, 0.5) is 0 Å². The summed E-state index contributed by atoms with van der Waals surface area (Å²) in [5.74, 6) is 1.21. The van der Waals surface area contributed by atoms with Crippen LogP contribution in [0.25, 0.3) is 0 Å². The number of ether oxygens (including phenoxy) is 2. The average Bonchev–Trinajstić information content (AvgIpc) is 2.46. The van der Waals surface area contributed by atoms with Gasteiger partial charge in [0.05, 0.1) is 19.8 Å². The van der Waals surface area contributed by atoms with Gasteiger partial charge in [-0.1, -0.05) is 13.8 Å². The molecule has 3 N–H and O–H groups in total. The first-order valence-electron chi connectivity index (χ1n) is 7.04. The van der Waals surface area contributed by atoms with Gasteiger partial charge in [0.15, 0.2) is 11.5 Å². The molecule has 0 aliphatic rings. The zero-order chi connectivity index (χ0) is 16.2. The van der Waals surface area contributed by atoms with E-state index in [1.807, 2.05) is 27.7 Å². The van der Waals surface area contributed by atoms with Gasteiger partial charge in [-0.05, 0) is 37.5 Å². The van der Waals surface area contributed by atoms with Gasteiger partial charge < -0.3 is 20.5 Å². The van der Waals surface area contributed by atoms with E-state index in [0.717, 1.165) is 5.56 Å². The number of hydrogen-bond donors (Lipinski definition) is 2. The molecule has 0 aromatic heterocycles. The third kappa shape index (κ3) is 3.67. The van der Waals surface area contributed by atoms with Crippen molar-refractivity contribution in [3.05, 3.63) is 23.3 Å². The van der Waals surface area contributed by atoms with Gasteiger partial charge in [0.1, 0.15) is 0 Å². The molecular weight excluding hydrogens is 268 g/mol. The van der Waals surface area contributed by atoms with Crippen LogP contribution in [0.5, 0.6) is 11.5 Å². The first kappa shape index (κ1) is 17.3. The maximum absolute atomic E-state index is 12.5. The van der Waals surface area contributed by atoms with Crippen LogP contribution in [0.15, 0.2) is 12.1 Å². The molecule has 5 nitrogen and oxygen atoms in total. The molecule has 5 heteroatoms. The summed E-state index contributed by atoms with van der Waals surface area (Å²) in [4.78, 5) is 12.5. The molecule has 0 aliphatic heterocycles. The third-order valence-electron chi connectivity index (χ3n) is 4.07. The fourth-order valence-corrected chi connectivity index (χ4v) is 1.98. The van der Waals surface area contributed by atoms with Crippen molar-refractivity contribution in [1.29, 1.82) is 0 Å². The first-order chi connectivity index (χ1) is 9.78. The summed E-state index contributed by atoms with van der Waals surface area (Å²) in [5.41, 5.74) is 6.76. The van der Waals surface area contributed by atoms with E-state index in [1.54, 1.807) is 26.4 Å². The summed E-state index contributed by atoms with van der Waals surface area (Å²) in [6.45, 7) is 8.27. The lowest BCUT2D eigenvalue weighted by molar-refractivity contribution is 0.0882. The van der Waals surface area contributed by atoms with Gasteiger partial charge in [-0.15, -0.1) is 0 Å². The smallest absolute Gasteiger partial charge is 0.252 e. The van der Waals surface area contributed by atoms with Crippen molar-refractivity contribution in [3.63, 3.8) is 0 Å². The predicted octanol–water partition coefficient (Wildman–Crippen LogP) is 2.12. The Balaban J connectivity index is 3.13. The third-order valence-corrected chi connectivity index (χ3v) is 4.07. The zero-order valence-corrected chi connectivity index (χ0v) is 13.7. The lowest BCUT2D eigenvalue weighted by atomic mass is 9.88. The van der Waals surface area contributed by atoms with Crippen molar-refractivity contribution in [2.75, 3.05) is 20.8 Å². The molecule has 1 aromatic rings. The minimum atomic E-state index is -0.448. The second-order valence-electron chi connectivity index (χ2n) is 5.75. The Labute approximate surface area is 126 Å². The van der Waals surface area contributed by atoms with E-state index >= 15 is 0 Å². The van der Waals surface area contributed by atoms with Gasteiger partial charge >= 0.3 is 0 Å². The van der Waals surface area contributed by atoms with E-state index in [0.29, 0.717) is 23.6 Å². The van der Waals surface area contributed by atoms with Crippen LogP contribution in [0, 0.1) is 12.8 Å². The molecule has 1 atom stereocenters. The Morgan fingerprint density at radius 3 is 2.24 bits per heavy atom. The van der Waals surface area contributed by atoms with Gasteiger partial charge in [-0.2, -0.15) is 0 Å². The van der Waals surface area contributed by atoms with Crippen molar-refractivity contribution in [2.45, 2.75) is 33.2 Å². The number of methoxy groups -OCH3 is 2. The summed E-state index contributed by atoms with van der Waals surface area (Å²) in [6.07, 6.45) is 0. The Kier molecular flexibility index (Phi) is 5.61. The van der Waals surface area contributed by atoms with E-state index in [-0.39, 0.29) is 11.8 Å². The molecular formula is C16H26N2O3. The second kappa shape index (κ2) is 6.80. The second-order valence-corrected chi connectivity index (χ2v) is 5.75. The molecule has 0 fully saturated rings. The monoisotopic (exact) mass is 294 g/mol. The summed E-state index contributed by atoms with van der Waals surface area (Å²) in [5, 5.41) is 3.03. The number of carbonyl (C=O) groups excluding carboxylic acids is 1. The highest BCUT2D eigenvalue weighted by Gasteiger charge is 2.29. The number of hydrogen-bond acceptors (Lipinski definition) is 4. The molecule has 1 aromatic carbocycles. The highest BCUT2D eigenvalue weighted by molar-refractivity contribution is 5.97. The normalized spacial score (nSPS) is 13.7. The van der Waals surface area contributed by atoms with Crippen molar-refractivity contribution in [2.24, 2.45) is 11.7 Å². The van der Waals surface area contributed by atoms with E-state index in [2.05, 4.69) is 5.32 Å². The molecule has 1 unspecified atom stereocenters. The molecule has 21 heavy (non-hydrogen) atoms. The number of nitrogens with two attached hydrogens (primary N) is 1. The van der Waals surface area contributed by atoms with Gasteiger partial charge in [0.2, 0.25) is 0 Å². The number of amides is 1. The van der Waals surface area contributed by atoms with E-state index in [9.17, 15) is 4.79 Å². The van der Waals surface area contributed by atoms with E-state index in [1.165, 1.54) is 0 Å². The van der Waals surface area contributed by atoms with Crippen LogP contribution in [-0.2, 0) is 0 Å². The standard InChI is InChI=1S/C16H26N2O3/c1-10(2)16(4,9-17)18-15(19)12-8-14(21-6)13(20-5)7-11(12)3/h7-8,10H,9,17H2,1-6H3,(H,18,19). The van der Waals surface area contributed by atoms with E-state index in [4.69, 9.17) is 15.2 Å². The summed E-state index contributed by atoms with van der Waals surface area (Å²) >= 11 is 0. The number of benzene rings is 1. The maximum Gasteiger partial charge on any atom is 0.252 e. The van der Waals surface area contributed by atoms with Crippen LogP contribution in [0.1, 0.15) is 36.7 Å². The average molecular weight is 294 g/mol. The predicted molar refractivity (Wildman–Crippen MR) is 84.0 cm³/mol. The van der Waals surface area contributed by atoms with Gasteiger partial charge in [0.25, 0.3) is 5.91 Å². The highest BCUT2D eigenvalue weighted by atomic mass is 16.5. The maximum atomic E-state index is 12.5. The minimum absolute atomic E-state index is 0.157. The zero-order valence-electron chi connectivity index (χ0n) is 13.7. The van der Waals surface area contributed by atoms with E-state index < -0.39 is 5.54 Å². The molecule has 0 spiro atoms. The molecule has 0 saturated heterocycles. The number of nitrogens with one attached hydrogen (secondary N) is 1. The first-order valence-corrected chi connectivity index (χ1v) is 7.04. The highest BCUT2D eigenvalue weighted by Crippen LogP contribution is 2.30. The number of rotatable bonds is 6. The van der Waals surface area contributed by atoms with Crippen LogP contribution in [0.2, 0.25) is 0 Å². The minimum Gasteiger partial charge on any atom is -0.493 e. The molecule has 0 radical (unpaired) electrons. The van der Waals surface area contributed by atoms with Crippen LogP contribution < -0.4 is 20.5 Å². The quantitative estimate of drug-likeness (QED) is 0.843. The van der Waals surface area contributed by atoms with Gasteiger partial charge in [-0.25, -0.2) is 0 Å². The molecule has 0 saturated carbocycles. The van der Waals surface area contributed by atoms with Crippen molar-refractivity contribution >= 4 is 5.91 Å². The summed E-state index contributed by atoms with van der Waals surface area (Å²) in [6, 6.07) is 3.49. The fourth-order valence-electron chi connectivity index (χ4n) is 1.98. The number of aryl methyl sites for hydroxylation is 1. The molecule has 1 amide bonds. The van der Waals surface area contributed by atoms with Crippen LogP contribution in [-0.4, -0.2) is 32.2 Å². The van der Waals surface area contributed by atoms with Crippen LogP contribution >= 0.6 is 0 Å². The molecule has 1 rings (SSSR count). The summed E-state index contributed by atoms with van der Waals surface area (Å²) in [7, 11) is 3.12. The van der Waals surface area contributed by atoms with Crippen molar-refractivity contribution in [1.82, 2.24) is 5.32 Å². The topological polar surface area (TPSA) is 73.6 Å². The molecule has 0 aliphatic carbocycles. The summed E-state index contributed by atoms with van der Waals surface area (Å²) < 4.78 is 10.5. The largest absolute Gasteiger partial charge is 0.493 e. The van der Waals surface area contributed by atoms with Crippen LogP contribution in [0.3, 0.4) is 0 Å². The molecule has 0 heterocycles.